The first-order valence-corrected chi connectivity index (χ1v) is 11.4. The number of ether oxygens (including phenoxy) is 1. The zero-order chi connectivity index (χ0) is 20.5. The summed E-state index contributed by atoms with van der Waals surface area (Å²) < 4.78 is 5.38. The van der Waals surface area contributed by atoms with Crippen LogP contribution in [0.25, 0.3) is 21.0 Å². The van der Waals surface area contributed by atoms with Crippen molar-refractivity contribution in [2.75, 3.05) is 5.73 Å². The number of hydrogen-bond donors (Lipinski definition) is 1. The molecular weight excluding hydrogens is 420 g/mol. The number of aromatic nitrogens is 5. The van der Waals surface area contributed by atoms with Crippen LogP contribution >= 0.6 is 22.7 Å². The SMILES string of the molecule is Nc1nc(COC(=O)c2csc(-c3ncccn3)n2)nc2sc3c(c12)CCCCC3. The van der Waals surface area contributed by atoms with E-state index in [9.17, 15) is 4.79 Å². The average Bonchev–Trinajstić information content (AvgIpc) is 3.32. The predicted molar refractivity (Wildman–Crippen MR) is 115 cm³/mol. The summed E-state index contributed by atoms with van der Waals surface area (Å²) in [6, 6.07) is 1.72. The standard InChI is InChI=1S/C20H18N6O2S2/c21-16-15-11-5-2-1-3-6-13(11)30-18(15)26-14(25-16)9-28-20(27)12-10-29-19(24-12)17-22-7-4-8-23-17/h4,7-8,10H,1-3,5-6,9H2,(H2,21,25,26). The molecule has 0 aromatic carbocycles. The highest BCUT2D eigenvalue weighted by atomic mass is 32.1. The highest BCUT2D eigenvalue weighted by molar-refractivity contribution is 7.19. The Balaban J connectivity index is 1.33. The summed E-state index contributed by atoms with van der Waals surface area (Å²) in [6.07, 6.45) is 8.95. The molecule has 8 nitrogen and oxygen atoms in total. The molecule has 0 saturated heterocycles. The molecule has 0 spiro atoms. The lowest BCUT2D eigenvalue weighted by Gasteiger charge is -2.05. The third kappa shape index (κ3) is 3.63. The zero-order valence-electron chi connectivity index (χ0n) is 16.0. The van der Waals surface area contributed by atoms with E-state index < -0.39 is 5.97 Å². The van der Waals surface area contributed by atoms with Crippen molar-refractivity contribution in [2.24, 2.45) is 0 Å². The van der Waals surface area contributed by atoms with Crippen molar-refractivity contribution >= 4 is 44.7 Å². The van der Waals surface area contributed by atoms with Crippen molar-refractivity contribution in [1.29, 1.82) is 0 Å². The van der Waals surface area contributed by atoms with Gasteiger partial charge in [-0.2, -0.15) is 0 Å². The number of nitrogens with two attached hydrogens (primary N) is 1. The van der Waals surface area contributed by atoms with E-state index in [-0.39, 0.29) is 12.3 Å². The Kier molecular flexibility index (Phi) is 5.09. The van der Waals surface area contributed by atoms with Gasteiger partial charge in [-0.15, -0.1) is 22.7 Å². The monoisotopic (exact) mass is 438 g/mol. The number of esters is 1. The first kappa shape index (κ1) is 19.0. The zero-order valence-corrected chi connectivity index (χ0v) is 17.6. The quantitative estimate of drug-likeness (QED) is 0.378. The maximum atomic E-state index is 12.4. The van der Waals surface area contributed by atoms with Crippen LogP contribution < -0.4 is 5.73 Å². The van der Waals surface area contributed by atoms with Crippen LogP contribution in [0.5, 0.6) is 0 Å². The van der Waals surface area contributed by atoms with Gasteiger partial charge in [-0.3, -0.25) is 0 Å². The van der Waals surface area contributed by atoms with Crippen molar-refractivity contribution in [3.8, 4) is 10.8 Å². The van der Waals surface area contributed by atoms with E-state index in [4.69, 9.17) is 10.5 Å². The molecule has 0 atom stereocenters. The average molecular weight is 439 g/mol. The smallest absolute Gasteiger partial charge is 0.358 e. The molecule has 0 aliphatic heterocycles. The third-order valence-corrected chi connectivity index (χ3v) is 6.97. The number of aryl methyl sites for hydroxylation is 2. The Morgan fingerprint density at radius 3 is 2.80 bits per heavy atom. The van der Waals surface area contributed by atoms with E-state index in [0.717, 1.165) is 23.1 Å². The van der Waals surface area contributed by atoms with Crippen LogP contribution in [0, 0.1) is 0 Å². The molecule has 0 radical (unpaired) electrons. The highest BCUT2D eigenvalue weighted by Gasteiger charge is 2.20. The van der Waals surface area contributed by atoms with Gasteiger partial charge in [0.25, 0.3) is 0 Å². The Morgan fingerprint density at radius 2 is 1.93 bits per heavy atom. The van der Waals surface area contributed by atoms with Gasteiger partial charge in [-0.05, 0) is 37.3 Å². The van der Waals surface area contributed by atoms with E-state index in [2.05, 4.69) is 24.9 Å². The van der Waals surface area contributed by atoms with Crippen LogP contribution in [0.2, 0.25) is 0 Å². The normalized spacial score (nSPS) is 13.7. The number of rotatable bonds is 4. The summed E-state index contributed by atoms with van der Waals surface area (Å²) >= 11 is 2.96. The van der Waals surface area contributed by atoms with Crippen LogP contribution in [-0.2, 0) is 24.2 Å². The molecule has 4 heterocycles. The van der Waals surface area contributed by atoms with Crippen LogP contribution in [0.4, 0.5) is 5.82 Å². The molecule has 0 unspecified atom stereocenters. The minimum Gasteiger partial charge on any atom is -0.453 e. The summed E-state index contributed by atoms with van der Waals surface area (Å²) in [5, 5.41) is 3.16. The lowest BCUT2D eigenvalue weighted by molar-refractivity contribution is 0.0457. The summed E-state index contributed by atoms with van der Waals surface area (Å²) in [6.45, 7) is -0.0593. The van der Waals surface area contributed by atoms with Gasteiger partial charge in [-0.25, -0.2) is 29.7 Å². The number of anilines is 1. The minimum absolute atomic E-state index is 0.0593. The van der Waals surface area contributed by atoms with E-state index >= 15 is 0 Å². The van der Waals surface area contributed by atoms with E-state index in [1.165, 1.54) is 41.0 Å². The Hall–Kier alpha value is -2.98. The van der Waals surface area contributed by atoms with Crippen LogP contribution in [-0.4, -0.2) is 30.9 Å². The van der Waals surface area contributed by atoms with Gasteiger partial charge in [0.2, 0.25) is 0 Å². The van der Waals surface area contributed by atoms with Gasteiger partial charge in [0.15, 0.2) is 29.0 Å². The molecule has 1 aliphatic rings. The first-order valence-electron chi connectivity index (χ1n) is 9.65. The van der Waals surface area contributed by atoms with Crippen LogP contribution in [0.15, 0.2) is 23.8 Å². The maximum Gasteiger partial charge on any atom is 0.358 e. The number of nitrogens with zero attached hydrogens (tertiary/aromatic N) is 5. The molecule has 5 rings (SSSR count). The van der Waals surface area contributed by atoms with Gasteiger partial charge < -0.3 is 10.5 Å². The topological polar surface area (TPSA) is 117 Å². The largest absolute Gasteiger partial charge is 0.453 e. The number of thiophene rings is 1. The second-order valence-electron chi connectivity index (χ2n) is 6.96. The van der Waals surface area contributed by atoms with E-state index in [0.29, 0.717) is 22.5 Å². The molecule has 0 saturated carbocycles. The number of carbonyl (C=O) groups excluding carboxylic acids is 1. The molecule has 0 amide bonds. The molecule has 4 aromatic rings. The van der Waals surface area contributed by atoms with Gasteiger partial charge in [0, 0.05) is 22.7 Å². The summed E-state index contributed by atoms with van der Waals surface area (Å²) in [5.74, 6) is 0.785. The number of thiazole rings is 1. The second kappa shape index (κ2) is 8.04. The van der Waals surface area contributed by atoms with E-state index in [1.54, 1.807) is 35.2 Å². The van der Waals surface area contributed by atoms with Gasteiger partial charge in [0.05, 0.1) is 5.39 Å². The van der Waals surface area contributed by atoms with Crippen molar-refractivity contribution in [3.05, 3.63) is 45.8 Å². The van der Waals surface area contributed by atoms with Gasteiger partial charge in [-0.1, -0.05) is 6.42 Å². The Bertz CT molecular complexity index is 1220. The minimum atomic E-state index is -0.544. The Morgan fingerprint density at radius 1 is 1.10 bits per heavy atom. The fourth-order valence-corrected chi connectivity index (χ4v) is 5.58. The summed E-state index contributed by atoms with van der Waals surface area (Å²) in [4.78, 5) is 36.2. The molecular formula is C20H18N6O2S2. The molecule has 2 N–H and O–H groups in total. The number of hydrogen-bond acceptors (Lipinski definition) is 10. The fourth-order valence-electron chi connectivity index (χ4n) is 3.56. The van der Waals surface area contributed by atoms with E-state index in [1.807, 2.05) is 0 Å². The van der Waals surface area contributed by atoms with Gasteiger partial charge >= 0.3 is 5.97 Å². The summed E-state index contributed by atoms with van der Waals surface area (Å²) in [7, 11) is 0. The van der Waals surface area contributed by atoms with Gasteiger partial charge in [0.1, 0.15) is 10.6 Å². The molecule has 10 heteroatoms. The van der Waals surface area contributed by atoms with Crippen LogP contribution in [0.3, 0.4) is 0 Å². The Labute approximate surface area is 180 Å². The number of fused-ring (bicyclic) bond motifs is 3. The number of carbonyl (C=O) groups is 1. The molecule has 1 aliphatic carbocycles. The van der Waals surface area contributed by atoms with Crippen molar-refractivity contribution in [3.63, 3.8) is 0 Å². The number of nitrogen functional groups attached to an aromatic ring is 1. The fraction of sp³-hybridized carbons (Fsp3) is 0.300. The molecule has 152 valence electrons. The first-order chi connectivity index (χ1) is 14.7. The van der Waals surface area contributed by atoms with Crippen LogP contribution in [0.1, 0.15) is 46.0 Å². The molecule has 30 heavy (non-hydrogen) atoms. The second-order valence-corrected chi connectivity index (χ2v) is 8.90. The summed E-state index contributed by atoms with van der Waals surface area (Å²) in [5.41, 5.74) is 7.76. The molecule has 4 aromatic heterocycles. The van der Waals surface area contributed by atoms with Crippen molar-refractivity contribution in [2.45, 2.75) is 38.7 Å². The molecule has 0 fully saturated rings. The van der Waals surface area contributed by atoms with Crippen molar-refractivity contribution < 1.29 is 9.53 Å². The lowest BCUT2D eigenvalue weighted by Crippen LogP contribution is -2.09. The third-order valence-electron chi connectivity index (χ3n) is 4.94. The highest BCUT2D eigenvalue weighted by Crippen LogP contribution is 2.37. The van der Waals surface area contributed by atoms with Crippen molar-refractivity contribution in [1.82, 2.24) is 24.9 Å². The molecule has 0 bridgehead atoms. The maximum absolute atomic E-state index is 12.4. The lowest BCUT2D eigenvalue weighted by atomic mass is 10.1. The predicted octanol–water partition coefficient (Wildman–Crippen LogP) is 3.81.